The molecule has 0 atom stereocenters. The molecular formula is C10H11BrF3NO2S. The molecule has 0 radical (unpaired) electrons. The van der Waals surface area contributed by atoms with Crippen molar-refractivity contribution >= 4 is 26.0 Å². The minimum Gasteiger partial charge on any atom is -0.207 e. The van der Waals surface area contributed by atoms with Gasteiger partial charge in [-0.1, -0.05) is 28.1 Å². The van der Waals surface area contributed by atoms with Gasteiger partial charge in [-0.25, -0.2) is 12.7 Å². The molecule has 0 aromatic heterocycles. The monoisotopic (exact) mass is 345 g/mol. The van der Waals surface area contributed by atoms with Crippen LogP contribution in [0.25, 0.3) is 0 Å². The third kappa shape index (κ3) is 3.24. The van der Waals surface area contributed by atoms with E-state index in [9.17, 15) is 21.6 Å². The number of hydrogen-bond acceptors (Lipinski definition) is 2. The first-order valence-electron chi connectivity index (χ1n) is 4.90. The molecule has 0 saturated carbocycles. The van der Waals surface area contributed by atoms with Gasteiger partial charge in [0.2, 0.25) is 10.0 Å². The van der Waals surface area contributed by atoms with Gasteiger partial charge >= 0.3 is 6.18 Å². The second-order valence-electron chi connectivity index (χ2n) is 3.51. The topological polar surface area (TPSA) is 37.4 Å². The summed E-state index contributed by atoms with van der Waals surface area (Å²) in [5.41, 5.74) is -1.15. The van der Waals surface area contributed by atoms with E-state index in [1.165, 1.54) is 13.1 Å². The van der Waals surface area contributed by atoms with Crippen LogP contribution in [0.5, 0.6) is 0 Å². The molecule has 18 heavy (non-hydrogen) atoms. The lowest BCUT2D eigenvalue weighted by Crippen LogP contribution is -2.30. The summed E-state index contributed by atoms with van der Waals surface area (Å²) in [6.07, 6.45) is -4.70. The van der Waals surface area contributed by atoms with Gasteiger partial charge in [0, 0.05) is 18.9 Å². The molecule has 0 amide bonds. The van der Waals surface area contributed by atoms with E-state index in [1.54, 1.807) is 0 Å². The molecule has 0 fully saturated rings. The Morgan fingerprint density at radius 2 is 1.83 bits per heavy atom. The molecule has 1 rings (SSSR count). The van der Waals surface area contributed by atoms with Gasteiger partial charge in [0.15, 0.2) is 0 Å². The van der Waals surface area contributed by atoms with Crippen LogP contribution < -0.4 is 0 Å². The highest BCUT2D eigenvalue weighted by molar-refractivity contribution is 9.09. The molecule has 8 heteroatoms. The zero-order valence-corrected chi connectivity index (χ0v) is 11.8. The Morgan fingerprint density at radius 3 is 2.33 bits per heavy atom. The molecule has 1 aromatic rings. The molecule has 0 saturated heterocycles. The highest BCUT2D eigenvalue weighted by atomic mass is 79.9. The van der Waals surface area contributed by atoms with Crippen molar-refractivity contribution in [1.29, 1.82) is 0 Å². The van der Waals surface area contributed by atoms with E-state index < -0.39 is 26.7 Å². The molecule has 0 unspecified atom stereocenters. The van der Waals surface area contributed by atoms with Gasteiger partial charge in [-0.2, -0.15) is 13.2 Å². The van der Waals surface area contributed by atoms with Gasteiger partial charge in [0.05, 0.1) is 10.5 Å². The Kier molecular flexibility index (Phi) is 4.79. The molecule has 102 valence electrons. The molecule has 0 aliphatic heterocycles. The zero-order valence-electron chi connectivity index (χ0n) is 9.41. The van der Waals surface area contributed by atoms with Gasteiger partial charge in [0.25, 0.3) is 0 Å². The SMILES string of the molecule is CN(CCBr)S(=O)(=O)c1ccccc1C(F)(F)F. The lowest BCUT2D eigenvalue weighted by molar-refractivity contribution is -0.139. The minimum atomic E-state index is -4.70. The molecule has 0 aliphatic carbocycles. The van der Waals surface area contributed by atoms with E-state index in [2.05, 4.69) is 15.9 Å². The standard InChI is InChI=1S/C10H11BrF3NO2S/c1-15(7-6-11)18(16,17)9-5-3-2-4-8(9)10(12,13)14/h2-5H,6-7H2,1H3. The number of alkyl halides is 4. The normalized spacial score (nSPS) is 13.0. The molecule has 0 heterocycles. The van der Waals surface area contributed by atoms with Crippen molar-refractivity contribution in [3.8, 4) is 0 Å². The highest BCUT2D eigenvalue weighted by Gasteiger charge is 2.37. The number of hydrogen-bond donors (Lipinski definition) is 0. The van der Waals surface area contributed by atoms with Gasteiger partial charge in [-0.15, -0.1) is 0 Å². The van der Waals surface area contributed by atoms with Crippen molar-refractivity contribution in [3.05, 3.63) is 29.8 Å². The predicted octanol–water partition coefficient (Wildman–Crippen LogP) is 2.72. The fraction of sp³-hybridized carbons (Fsp3) is 0.400. The summed E-state index contributed by atoms with van der Waals surface area (Å²) in [7, 11) is -2.89. The van der Waals surface area contributed by atoms with Crippen molar-refractivity contribution in [2.24, 2.45) is 0 Å². The maximum Gasteiger partial charge on any atom is 0.417 e. The van der Waals surface area contributed by atoms with Gasteiger partial charge in [-0.3, -0.25) is 0 Å². The fourth-order valence-electron chi connectivity index (χ4n) is 1.33. The van der Waals surface area contributed by atoms with Crippen molar-refractivity contribution in [3.63, 3.8) is 0 Å². The maximum atomic E-state index is 12.7. The van der Waals surface area contributed by atoms with Crippen LogP contribution in [0, 0.1) is 0 Å². The van der Waals surface area contributed by atoms with E-state index in [-0.39, 0.29) is 6.54 Å². The molecule has 1 aromatic carbocycles. The molecular weight excluding hydrogens is 335 g/mol. The molecule has 0 bridgehead atoms. The first kappa shape index (κ1) is 15.5. The lowest BCUT2D eigenvalue weighted by Gasteiger charge is -2.19. The van der Waals surface area contributed by atoms with Crippen molar-refractivity contribution < 1.29 is 21.6 Å². The number of sulfonamides is 1. The summed E-state index contributed by atoms with van der Waals surface area (Å²) >= 11 is 3.04. The van der Waals surface area contributed by atoms with E-state index in [4.69, 9.17) is 0 Å². The van der Waals surface area contributed by atoms with Gasteiger partial charge in [0.1, 0.15) is 0 Å². The Morgan fingerprint density at radius 1 is 1.28 bits per heavy atom. The fourth-order valence-corrected chi connectivity index (χ4v) is 3.48. The molecule has 0 spiro atoms. The molecule has 0 N–H and O–H groups in total. The van der Waals surface area contributed by atoms with Crippen LogP contribution in [0.3, 0.4) is 0 Å². The second-order valence-corrected chi connectivity index (χ2v) is 6.32. The van der Waals surface area contributed by atoms with E-state index >= 15 is 0 Å². The predicted molar refractivity (Wildman–Crippen MR) is 65.1 cm³/mol. The van der Waals surface area contributed by atoms with Crippen LogP contribution >= 0.6 is 15.9 Å². The summed E-state index contributed by atoms with van der Waals surface area (Å²) in [4.78, 5) is -0.721. The van der Waals surface area contributed by atoms with Crippen LogP contribution in [0.1, 0.15) is 5.56 Å². The Balaban J connectivity index is 3.34. The first-order valence-corrected chi connectivity index (χ1v) is 7.46. The van der Waals surface area contributed by atoms with E-state index in [1.807, 2.05) is 0 Å². The summed E-state index contributed by atoms with van der Waals surface area (Å²) < 4.78 is 63.1. The average molecular weight is 346 g/mol. The van der Waals surface area contributed by atoms with Gasteiger partial charge in [-0.05, 0) is 12.1 Å². The summed E-state index contributed by atoms with van der Waals surface area (Å²) in [5, 5.41) is 0.344. The van der Waals surface area contributed by atoms with Crippen LogP contribution in [-0.4, -0.2) is 31.6 Å². The van der Waals surface area contributed by atoms with E-state index in [0.29, 0.717) is 5.33 Å². The summed E-state index contributed by atoms with van der Waals surface area (Å²) in [6, 6.07) is 4.15. The van der Waals surface area contributed by atoms with Crippen molar-refractivity contribution in [1.82, 2.24) is 4.31 Å². The highest BCUT2D eigenvalue weighted by Crippen LogP contribution is 2.34. The quantitative estimate of drug-likeness (QED) is 0.787. The van der Waals surface area contributed by atoms with Gasteiger partial charge < -0.3 is 0 Å². The Bertz CT molecular complexity index is 516. The number of nitrogens with zero attached hydrogens (tertiary/aromatic N) is 1. The maximum absolute atomic E-state index is 12.7. The molecule has 3 nitrogen and oxygen atoms in total. The summed E-state index contributed by atoms with van der Waals surface area (Å²) in [6.45, 7) is 0.0918. The Labute approximate surface area is 112 Å². The van der Waals surface area contributed by atoms with Crippen molar-refractivity contribution in [2.45, 2.75) is 11.1 Å². The average Bonchev–Trinajstić information content (AvgIpc) is 2.28. The zero-order chi connectivity index (χ0) is 14.0. The van der Waals surface area contributed by atoms with Crippen LogP contribution in [-0.2, 0) is 16.2 Å². The number of rotatable bonds is 4. The van der Waals surface area contributed by atoms with Crippen molar-refractivity contribution in [2.75, 3.05) is 18.9 Å². The van der Waals surface area contributed by atoms with Crippen LogP contribution in [0.4, 0.5) is 13.2 Å². The summed E-state index contributed by atoms with van der Waals surface area (Å²) in [5.74, 6) is 0. The second kappa shape index (κ2) is 5.58. The number of halogens is 4. The minimum absolute atomic E-state index is 0.0918. The third-order valence-electron chi connectivity index (χ3n) is 2.28. The smallest absolute Gasteiger partial charge is 0.207 e. The van der Waals surface area contributed by atoms with Crippen LogP contribution in [0.2, 0.25) is 0 Å². The van der Waals surface area contributed by atoms with Crippen LogP contribution in [0.15, 0.2) is 29.2 Å². The van der Waals surface area contributed by atoms with E-state index in [0.717, 1.165) is 22.5 Å². The molecule has 0 aliphatic rings. The first-order chi connectivity index (χ1) is 8.21. The Hall–Kier alpha value is -0.600. The lowest BCUT2D eigenvalue weighted by atomic mass is 10.2. The largest absolute Gasteiger partial charge is 0.417 e. The third-order valence-corrected chi connectivity index (χ3v) is 4.55. The number of benzene rings is 1.